The second-order valence-corrected chi connectivity index (χ2v) is 13.4. The molecule has 5 rings (SSSR count). The van der Waals surface area contributed by atoms with E-state index in [0.29, 0.717) is 31.7 Å². The molecule has 0 spiro atoms. The van der Waals surface area contributed by atoms with Crippen molar-refractivity contribution in [3.63, 3.8) is 0 Å². The summed E-state index contributed by atoms with van der Waals surface area (Å²) in [5.41, 5.74) is 2.96. The molecule has 57 heavy (non-hydrogen) atoms. The summed E-state index contributed by atoms with van der Waals surface area (Å²) >= 11 is 0. The quantitative estimate of drug-likeness (QED) is 0.0538. The van der Waals surface area contributed by atoms with Crippen molar-refractivity contribution in [2.24, 2.45) is 0 Å². The fourth-order valence-corrected chi connectivity index (χ4v) is 5.84. The van der Waals surface area contributed by atoms with Crippen LogP contribution >= 0.6 is 0 Å². The Balaban J connectivity index is 1.20. The molecule has 0 aromatic heterocycles. The standard InChI is InChI=1S/C44H49N3O10/c48-39(21-22-40(49)54-30-34-11-4-1-5-12-34)46-38(42(50)45-23-10-24-47-25-27-53-28-26-47)29-33-17-19-37(20-18-33)57-41(43(51)55-31-35-13-6-2-7-14-35)44(52)56-32-36-15-8-3-9-16-36/h1-9,11-20,38,41H,10,21-32H2,(H,45,50)(H,46,48)/t38-/m0/s1. The van der Waals surface area contributed by atoms with E-state index in [0.717, 1.165) is 36.3 Å². The van der Waals surface area contributed by atoms with E-state index >= 15 is 0 Å². The first-order valence-corrected chi connectivity index (χ1v) is 19.1. The number of amides is 2. The number of esters is 3. The smallest absolute Gasteiger partial charge is 0.359 e. The number of nitrogens with zero attached hydrogens (tertiary/aromatic N) is 1. The molecule has 13 nitrogen and oxygen atoms in total. The minimum atomic E-state index is -1.71. The number of nitrogens with one attached hydrogen (secondary N) is 2. The predicted octanol–water partition coefficient (Wildman–Crippen LogP) is 4.31. The van der Waals surface area contributed by atoms with Crippen molar-refractivity contribution >= 4 is 29.7 Å². The Labute approximate surface area is 332 Å². The molecule has 300 valence electrons. The van der Waals surface area contributed by atoms with E-state index in [1.54, 1.807) is 48.5 Å². The first-order valence-electron chi connectivity index (χ1n) is 19.1. The number of hydrogen-bond donors (Lipinski definition) is 2. The molecule has 1 fully saturated rings. The Morgan fingerprint density at radius 2 is 1.16 bits per heavy atom. The summed E-state index contributed by atoms with van der Waals surface area (Å²) in [6.07, 6.45) is -1.20. The Hall–Kier alpha value is -6.05. The van der Waals surface area contributed by atoms with E-state index in [2.05, 4.69) is 15.5 Å². The lowest BCUT2D eigenvalue weighted by atomic mass is 10.0. The molecule has 1 atom stereocenters. The topological polar surface area (TPSA) is 159 Å². The molecule has 4 aromatic carbocycles. The second-order valence-electron chi connectivity index (χ2n) is 13.4. The van der Waals surface area contributed by atoms with Crippen molar-refractivity contribution in [2.75, 3.05) is 39.4 Å². The first kappa shape index (κ1) is 42.1. The van der Waals surface area contributed by atoms with Crippen LogP contribution in [0.5, 0.6) is 5.75 Å². The van der Waals surface area contributed by atoms with Gasteiger partial charge in [0.05, 0.1) is 19.6 Å². The lowest BCUT2D eigenvalue weighted by molar-refractivity contribution is -0.168. The summed E-state index contributed by atoms with van der Waals surface area (Å²) in [7, 11) is 0. The third kappa shape index (κ3) is 15.2. The van der Waals surface area contributed by atoms with E-state index in [-0.39, 0.29) is 50.7 Å². The molecule has 0 saturated carbocycles. The van der Waals surface area contributed by atoms with Crippen LogP contribution in [-0.4, -0.2) is 86.2 Å². The highest BCUT2D eigenvalue weighted by molar-refractivity contribution is 5.98. The lowest BCUT2D eigenvalue weighted by Gasteiger charge is -2.26. The fourth-order valence-electron chi connectivity index (χ4n) is 5.84. The molecular weight excluding hydrogens is 730 g/mol. The van der Waals surface area contributed by atoms with Crippen molar-refractivity contribution < 1.29 is 47.7 Å². The number of ether oxygens (including phenoxy) is 5. The van der Waals surface area contributed by atoms with Crippen molar-refractivity contribution in [1.82, 2.24) is 15.5 Å². The third-order valence-electron chi connectivity index (χ3n) is 9.00. The maximum atomic E-state index is 13.4. The summed E-state index contributed by atoms with van der Waals surface area (Å²) in [6, 6.07) is 32.8. The minimum Gasteiger partial charge on any atom is -0.467 e. The number of morpholine rings is 1. The summed E-state index contributed by atoms with van der Waals surface area (Å²) in [4.78, 5) is 67.5. The molecule has 2 N–H and O–H groups in total. The lowest BCUT2D eigenvalue weighted by Crippen LogP contribution is -2.48. The van der Waals surface area contributed by atoms with E-state index < -0.39 is 36.0 Å². The fraction of sp³-hybridized carbons (Fsp3) is 0.341. The zero-order valence-corrected chi connectivity index (χ0v) is 31.8. The Morgan fingerprint density at radius 3 is 1.70 bits per heavy atom. The van der Waals surface area contributed by atoms with Gasteiger partial charge in [-0.15, -0.1) is 0 Å². The van der Waals surface area contributed by atoms with E-state index in [9.17, 15) is 24.0 Å². The molecule has 0 bridgehead atoms. The first-order chi connectivity index (χ1) is 27.8. The predicted molar refractivity (Wildman–Crippen MR) is 209 cm³/mol. The zero-order chi connectivity index (χ0) is 40.1. The molecule has 2 amide bonds. The summed E-state index contributed by atoms with van der Waals surface area (Å²) < 4.78 is 27.4. The molecular formula is C44H49N3O10. The van der Waals surface area contributed by atoms with Crippen LogP contribution in [0.1, 0.15) is 41.5 Å². The van der Waals surface area contributed by atoms with Gasteiger partial charge in [0.25, 0.3) is 6.10 Å². The molecule has 0 radical (unpaired) electrons. The summed E-state index contributed by atoms with van der Waals surface area (Å²) in [6.45, 7) is 4.21. The Kier molecular flexibility index (Phi) is 17.1. The largest absolute Gasteiger partial charge is 0.467 e. The molecule has 0 aliphatic carbocycles. The minimum absolute atomic E-state index is 0.0678. The van der Waals surface area contributed by atoms with Crippen LogP contribution in [-0.2, 0) is 69.2 Å². The summed E-state index contributed by atoms with van der Waals surface area (Å²) in [5.74, 6) is -3.04. The number of carbonyl (C=O) groups excluding carboxylic acids is 5. The number of benzene rings is 4. The van der Waals surface area contributed by atoms with E-state index in [1.165, 1.54) is 0 Å². The van der Waals surface area contributed by atoms with Crippen LogP contribution in [0.3, 0.4) is 0 Å². The molecule has 0 unspecified atom stereocenters. The van der Waals surface area contributed by atoms with Crippen LogP contribution in [0.2, 0.25) is 0 Å². The molecule has 4 aromatic rings. The van der Waals surface area contributed by atoms with Gasteiger partial charge < -0.3 is 34.3 Å². The van der Waals surface area contributed by atoms with Gasteiger partial charge in [-0.05, 0) is 47.4 Å². The Morgan fingerprint density at radius 1 is 0.632 bits per heavy atom. The van der Waals surface area contributed by atoms with Crippen LogP contribution in [0.15, 0.2) is 115 Å². The van der Waals surface area contributed by atoms with Crippen LogP contribution in [0.4, 0.5) is 0 Å². The maximum absolute atomic E-state index is 13.4. The van der Waals surface area contributed by atoms with E-state index in [4.69, 9.17) is 23.7 Å². The van der Waals surface area contributed by atoms with Gasteiger partial charge in [-0.25, -0.2) is 9.59 Å². The van der Waals surface area contributed by atoms with Gasteiger partial charge in [-0.2, -0.15) is 0 Å². The van der Waals surface area contributed by atoms with Crippen molar-refractivity contribution in [3.05, 3.63) is 138 Å². The average Bonchev–Trinajstić information content (AvgIpc) is 3.25. The monoisotopic (exact) mass is 779 g/mol. The van der Waals surface area contributed by atoms with Crippen LogP contribution in [0, 0.1) is 0 Å². The summed E-state index contributed by atoms with van der Waals surface area (Å²) in [5, 5.41) is 5.71. The second kappa shape index (κ2) is 23.1. The van der Waals surface area contributed by atoms with Crippen LogP contribution < -0.4 is 15.4 Å². The highest BCUT2D eigenvalue weighted by Crippen LogP contribution is 2.18. The normalized spacial score (nSPS) is 13.2. The molecule has 13 heteroatoms. The third-order valence-corrected chi connectivity index (χ3v) is 9.00. The number of rotatable bonds is 21. The van der Waals surface area contributed by atoms with Gasteiger partial charge in [-0.1, -0.05) is 103 Å². The Bertz CT molecular complexity index is 1800. The van der Waals surface area contributed by atoms with Gasteiger partial charge in [0, 0.05) is 32.5 Å². The molecule has 1 aliphatic rings. The number of carbonyl (C=O) groups is 5. The van der Waals surface area contributed by atoms with E-state index in [1.807, 2.05) is 66.7 Å². The van der Waals surface area contributed by atoms with Gasteiger partial charge in [0.15, 0.2) is 0 Å². The number of hydrogen-bond acceptors (Lipinski definition) is 11. The van der Waals surface area contributed by atoms with Crippen LogP contribution in [0.25, 0.3) is 0 Å². The van der Waals surface area contributed by atoms with Gasteiger partial charge >= 0.3 is 17.9 Å². The maximum Gasteiger partial charge on any atom is 0.359 e. The highest BCUT2D eigenvalue weighted by atomic mass is 16.6. The van der Waals surface area contributed by atoms with Gasteiger partial charge in [0.2, 0.25) is 11.8 Å². The van der Waals surface area contributed by atoms with Gasteiger partial charge in [-0.3, -0.25) is 19.3 Å². The highest BCUT2D eigenvalue weighted by Gasteiger charge is 2.33. The van der Waals surface area contributed by atoms with Crippen molar-refractivity contribution in [1.29, 1.82) is 0 Å². The zero-order valence-electron chi connectivity index (χ0n) is 31.8. The SMILES string of the molecule is O=C(CCC(=O)OCc1ccccc1)N[C@@H](Cc1ccc(OC(C(=O)OCc2ccccc2)C(=O)OCc2ccccc2)cc1)C(=O)NCCCN1CCOCC1. The molecule has 1 aliphatic heterocycles. The average molecular weight is 780 g/mol. The molecule has 1 saturated heterocycles. The van der Waals surface area contributed by atoms with Gasteiger partial charge in [0.1, 0.15) is 31.6 Å². The van der Waals surface area contributed by atoms with Crippen molar-refractivity contribution in [3.8, 4) is 5.75 Å². The molecule has 1 heterocycles. The van der Waals surface area contributed by atoms with Crippen molar-refractivity contribution in [2.45, 2.75) is 57.6 Å².